The van der Waals surface area contributed by atoms with Crippen molar-refractivity contribution in [3.05, 3.63) is 52.0 Å². The fourth-order valence-electron chi connectivity index (χ4n) is 1.72. The maximum absolute atomic E-state index is 11.9. The van der Waals surface area contributed by atoms with Gasteiger partial charge in [0.2, 0.25) is 0 Å². The molecule has 0 saturated heterocycles. The van der Waals surface area contributed by atoms with E-state index < -0.39 is 0 Å². The van der Waals surface area contributed by atoms with Crippen LogP contribution in [0.1, 0.15) is 6.92 Å². The van der Waals surface area contributed by atoms with Gasteiger partial charge in [0, 0.05) is 4.47 Å². The molecule has 0 bridgehead atoms. The van der Waals surface area contributed by atoms with Crippen LogP contribution in [0.5, 0.6) is 11.5 Å². The molecule has 2 rings (SSSR count). The van der Waals surface area contributed by atoms with Crippen molar-refractivity contribution in [1.82, 2.24) is 0 Å². The molecule has 2 aromatic rings. The maximum atomic E-state index is 11.9. The molecule has 4 nitrogen and oxygen atoms in total. The summed E-state index contributed by atoms with van der Waals surface area (Å²) in [6.07, 6.45) is 0. The molecule has 2 aromatic carbocycles. The van der Waals surface area contributed by atoms with Crippen LogP contribution in [-0.4, -0.2) is 19.1 Å². The molecule has 1 N–H and O–H groups in total. The third-order valence-corrected chi connectivity index (χ3v) is 3.52. The van der Waals surface area contributed by atoms with Gasteiger partial charge < -0.3 is 14.8 Å². The first-order chi connectivity index (χ1) is 10.6. The Morgan fingerprint density at radius 3 is 2.36 bits per heavy atom. The van der Waals surface area contributed by atoms with Crippen LogP contribution in [-0.2, 0) is 4.79 Å². The molecule has 1 amide bonds. The molecule has 0 heterocycles. The second-order valence-electron chi connectivity index (χ2n) is 4.37. The summed E-state index contributed by atoms with van der Waals surface area (Å²) in [7, 11) is 0. The molecule has 0 aliphatic heterocycles. The van der Waals surface area contributed by atoms with E-state index in [9.17, 15) is 4.79 Å². The molecule has 0 saturated carbocycles. The van der Waals surface area contributed by atoms with Crippen LogP contribution in [0, 0.1) is 0 Å². The lowest BCUT2D eigenvalue weighted by Gasteiger charge is -2.09. The smallest absolute Gasteiger partial charge is 0.262 e. The highest BCUT2D eigenvalue weighted by Crippen LogP contribution is 2.25. The molecule has 116 valence electrons. The lowest BCUT2D eigenvalue weighted by molar-refractivity contribution is -0.118. The van der Waals surface area contributed by atoms with Crippen molar-refractivity contribution in [1.29, 1.82) is 0 Å². The van der Waals surface area contributed by atoms with Crippen molar-refractivity contribution >= 4 is 39.1 Å². The van der Waals surface area contributed by atoms with Gasteiger partial charge in [0.15, 0.2) is 6.61 Å². The Hall–Kier alpha value is -1.72. The van der Waals surface area contributed by atoms with E-state index in [0.717, 1.165) is 10.2 Å². The van der Waals surface area contributed by atoms with Crippen molar-refractivity contribution in [2.75, 3.05) is 18.5 Å². The number of carbonyl (C=O) groups excluding carboxylic acids is 1. The summed E-state index contributed by atoms with van der Waals surface area (Å²) in [5.41, 5.74) is 0.546. The minimum absolute atomic E-state index is 0.0969. The number of anilines is 1. The predicted molar refractivity (Wildman–Crippen MR) is 90.9 cm³/mol. The van der Waals surface area contributed by atoms with Crippen molar-refractivity contribution < 1.29 is 14.3 Å². The van der Waals surface area contributed by atoms with Gasteiger partial charge in [0.05, 0.1) is 17.3 Å². The predicted octanol–water partition coefficient (Wildman–Crippen LogP) is 4.52. The molecule has 0 aliphatic carbocycles. The van der Waals surface area contributed by atoms with Crippen molar-refractivity contribution in [2.24, 2.45) is 0 Å². The summed E-state index contributed by atoms with van der Waals surface area (Å²) in [4.78, 5) is 11.9. The fraction of sp³-hybridized carbons (Fsp3) is 0.188. The van der Waals surface area contributed by atoms with Gasteiger partial charge in [0.1, 0.15) is 11.5 Å². The Kier molecular flexibility index (Phi) is 6.10. The Balaban J connectivity index is 1.87. The molecular formula is C16H15BrClNO3. The zero-order valence-electron chi connectivity index (χ0n) is 11.9. The Morgan fingerprint density at radius 1 is 1.14 bits per heavy atom. The fourth-order valence-corrected chi connectivity index (χ4v) is 2.45. The molecule has 6 heteroatoms. The summed E-state index contributed by atoms with van der Waals surface area (Å²) >= 11 is 9.35. The van der Waals surface area contributed by atoms with Crippen LogP contribution >= 0.6 is 27.5 Å². The van der Waals surface area contributed by atoms with Crippen LogP contribution in [0.3, 0.4) is 0 Å². The first-order valence-corrected chi connectivity index (χ1v) is 7.86. The van der Waals surface area contributed by atoms with Gasteiger partial charge in [-0.05, 0) is 49.4 Å². The number of ether oxygens (including phenoxy) is 2. The lowest BCUT2D eigenvalue weighted by Crippen LogP contribution is -2.20. The van der Waals surface area contributed by atoms with Crippen LogP contribution < -0.4 is 14.8 Å². The Morgan fingerprint density at radius 2 is 1.77 bits per heavy atom. The number of carbonyl (C=O) groups is 1. The third-order valence-electron chi connectivity index (χ3n) is 2.71. The van der Waals surface area contributed by atoms with Gasteiger partial charge in [0.25, 0.3) is 5.91 Å². The molecule has 0 unspecified atom stereocenters. The number of amides is 1. The van der Waals surface area contributed by atoms with E-state index in [1.807, 2.05) is 6.92 Å². The zero-order chi connectivity index (χ0) is 15.9. The Bertz CT molecular complexity index is 646. The third kappa shape index (κ3) is 4.93. The van der Waals surface area contributed by atoms with E-state index >= 15 is 0 Å². The topological polar surface area (TPSA) is 47.6 Å². The normalized spacial score (nSPS) is 10.1. The van der Waals surface area contributed by atoms with Gasteiger partial charge in [-0.1, -0.05) is 27.5 Å². The van der Waals surface area contributed by atoms with Crippen molar-refractivity contribution in [3.8, 4) is 11.5 Å². The highest BCUT2D eigenvalue weighted by molar-refractivity contribution is 9.10. The van der Waals surface area contributed by atoms with E-state index in [2.05, 4.69) is 21.2 Å². The largest absolute Gasteiger partial charge is 0.494 e. The van der Waals surface area contributed by atoms with Crippen molar-refractivity contribution in [3.63, 3.8) is 0 Å². The summed E-state index contributed by atoms with van der Waals surface area (Å²) in [6, 6.07) is 12.3. The van der Waals surface area contributed by atoms with E-state index in [-0.39, 0.29) is 12.5 Å². The summed E-state index contributed by atoms with van der Waals surface area (Å²) in [6.45, 7) is 2.43. The number of nitrogens with one attached hydrogen (secondary N) is 1. The van der Waals surface area contributed by atoms with Gasteiger partial charge in [-0.2, -0.15) is 0 Å². The molecule has 0 fully saturated rings. The first kappa shape index (κ1) is 16.6. The molecule has 0 aromatic heterocycles. The number of hydrogen-bond acceptors (Lipinski definition) is 3. The van der Waals surface area contributed by atoms with Crippen LogP contribution in [0.15, 0.2) is 46.9 Å². The second kappa shape index (κ2) is 8.06. The van der Waals surface area contributed by atoms with Crippen LogP contribution in [0.25, 0.3) is 0 Å². The Labute approximate surface area is 142 Å². The number of hydrogen-bond donors (Lipinski definition) is 1. The molecule has 0 aliphatic rings. The van der Waals surface area contributed by atoms with Crippen molar-refractivity contribution in [2.45, 2.75) is 6.92 Å². The van der Waals surface area contributed by atoms with Gasteiger partial charge in [-0.3, -0.25) is 4.79 Å². The van der Waals surface area contributed by atoms with E-state index in [4.69, 9.17) is 21.1 Å². The second-order valence-corrected chi connectivity index (χ2v) is 5.69. The van der Waals surface area contributed by atoms with Gasteiger partial charge >= 0.3 is 0 Å². The average Bonchev–Trinajstić information content (AvgIpc) is 2.50. The monoisotopic (exact) mass is 383 g/mol. The average molecular weight is 385 g/mol. The lowest BCUT2D eigenvalue weighted by atomic mass is 10.3. The van der Waals surface area contributed by atoms with Crippen LogP contribution in [0.2, 0.25) is 5.02 Å². The molecule has 0 atom stereocenters. The van der Waals surface area contributed by atoms with Gasteiger partial charge in [-0.15, -0.1) is 0 Å². The highest BCUT2D eigenvalue weighted by Gasteiger charge is 2.07. The van der Waals surface area contributed by atoms with E-state index in [1.165, 1.54) is 0 Å². The molecule has 22 heavy (non-hydrogen) atoms. The highest BCUT2D eigenvalue weighted by atomic mass is 79.9. The van der Waals surface area contributed by atoms with E-state index in [1.54, 1.807) is 42.5 Å². The summed E-state index contributed by atoms with van der Waals surface area (Å²) < 4.78 is 11.6. The summed E-state index contributed by atoms with van der Waals surface area (Å²) in [5, 5.41) is 3.16. The zero-order valence-corrected chi connectivity index (χ0v) is 14.3. The van der Waals surface area contributed by atoms with Gasteiger partial charge in [-0.25, -0.2) is 0 Å². The van der Waals surface area contributed by atoms with Crippen LogP contribution in [0.4, 0.5) is 5.69 Å². The number of benzene rings is 2. The quantitative estimate of drug-likeness (QED) is 0.796. The number of halogens is 2. The SMILES string of the molecule is CCOc1ccc(OCC(=O)Nc2ccc(Br)cc2Cl)cc1. The number of rotatable bonds is 6. The minimum Gasteiger partial charge on any atom is -0.494 e. The minimum atomic E-state index is -0.280. The summed E-state index contributed by atoms with van der Waals surface area (Å²) in [5.74, 6) is 1.08. The van der Waals surface area contributed by atoms with E-state index in [0.29, 0.717) is 23.1 Å². The standard InChI is InChI=1S/C16H15BrClNO3/c1-2-21-12-4-6-13(7-5-12)22-10-16(20)19-15-8-3-11(17)9-14(15)18/h3-9H,2,10H2,1H3,(H,19,20). The molecular weight excluding hydrogens is 370 g/mol. The molecule has 0 spiro atoms. The molecule has 0 radical (unpaired) electrons. The first-order valence-electron chi connectivity index (χ1n) is 6.69. The maximum Gasteiger partial charge on any atom is 0.262 e.